The van der Waals surface area contributed by atoms with Crippen LogP contribution in [0.1, 0.15) is 13.3 Å². The predicted octanol–water partition coefficient (Wildman–Crippen LogP) is 1.78. The largest absolute Gasteiger partial charge is 0.367 e. The molecule has 1 aliphatic heterocycles. The maximum absolute atomic E-state index is 12.7. The van der Waals surface area contributed by atoms with Crippen LogP contribution in [-0.2, 0) is 9.53 Å². The molecule has 4 nitrogen and oxygen atoms in total. The first-order valence-corrected chi connectivity index (χ1v) is 6.53. The van der Waals surface area contributed by atoms with Gasteiger partial charge in [0.1, 0.15) is 12.4 Å². The normalized spacial score (nSPS) is 23.1. The second-order valence-corrected chi connectivity index (χ2v) is 4.87. The number of benzene rings is 1. The molecule has 0 aliphatic carbocycles. The molecule has 1 amide bonds. The SMILES string of the molecule is CC1CCNCC1OCC(=O)Nc1ccc(F)cc1. The van der Waals surface area contributed by atoms with Gasteiger partial charge >= 0.3 is 0 Å². The Bertz CT molecular complexity index is 422. The Balaban J connectivity index is 1.76. The summed E-state index contributed by atoms with van der Waals surface area (Å²) in [5.74, 6) is -0.0828. The smallest absolute Gasteiger partial charge is 0.250 e. The minimum Gasteiger partial charge on any atom is -0.367 e. The van der Waals surface area contributed by atoms with Crippen LogP contribution in [0.4, 0.5) is 10.1 Å². The van der Waals surface area contributed by atoms with Crippen LogP contribution in [-0.4, -0.2) is 31.7 Å². The molecule has 2 unspecified atom stereocenters. The summed E-state index contributed by atoms with van der Waals surface area (Å²) < 4.78 is 18.3. The fraction of sp³-hybridized carbons (Fsp3) is 0.500. The number of piperidine rings is 1. The van der Waals surface area contributed by atoms with E-state index in [1.165, 1.54) is 24.3 Å². The molecule has 0 radical (unpaired) electrons. The van der Waals surface area contributed by atoms with E-state index >= 15 is 0 Å². The van der Waals surface area contributed by atoms with Gasteiger partial charge in [-0.15, -0.1) is 0 Å². The number of amides is 1. The zero-order valence-electron chi connectivity index (χ0n) is 11.0. The van der Waals surface area contributed by atoms with Gasteiger partial charge in [-0.3, -0.25) is 4.79 Å². The molecule has 0 spiro atoms. The molecule has 19 heavy (non-hydrogen) atoms. The van der Waals surface area contributed by atoms with Crippen LogP contribution < -0.4 is 10.6 Å². The maximum atomic E-state index is 12.7. The molecular formula is C14H19FN2O2. The summed E-state index contributed by atoms with van der Waals surface area (Å²) in [5, 5.41) is 5.92. The third-order valence-electron chi connectivity index (χ3n) is 3.31. The number of halogens is 1. The third kappa shape index (κ3) is 4.29. The first-order valence-electron chi connectivity index (χ1n) is 6.53. The van der Waals surface area contributed by atoms with Crippen molar-refractivity contribution in [2.75, 3.05) is 25.0 Å². The van der Waals surface area contributed by atoms with Crippen LogP contribution in [0, 0.1) is 11.7 Å². The van der Waals surface area contributed by atoms with Crippen LogP contribution >= 0.6 is 0 Å². The average Bonchev–Trinajstić information content (AvgIpc) is 2.40. The van der Waals surface area contributed by atoms with Crippen molar-refractivity contribution < 1.29 is 13.9 Å². The lowest BCUT2D eigenvalue weighted by molar-refractivity contribution is -0.124. The van der Waals surface area contributed by atoms with Crippen LogP contribution in [0.3, 0.4) is 0 Å². The van der Waals surface area contributed by atoms with Crippen LogP contribution in [0.15, 0.2) is 24.3 Å². The summed E-state index contributed by atoms with van der Waals surface area (Å²) in [6.45, 7) is 3.94. The molecule has 2 atom stereocenters. The van der Waals surface area contributed by atoms with Gasteiger partial charge in [-0.2, -0.15) is 0 Å². The Labute approximate surface area is 112 Å². The molecule has 1 aliphatic rings. The van der Waals surface area contributed by atoms with Gasteiger partial charge in [0.05, 0.1) is 6.10 Å². The van der Waals surface area contributed by atoms with Gasteiger partial charge < -0.3 is 15.4 Å². The van der Waals surface area contributed by atoms with Crippen molar-refractivity contribution in [3.05, 3.63) is 30.1 Å². The average molecular weight is 266 g/mol. The summed E-state index contributed by atoms with van der Waals surface area (Å²) >= 11 is 0. The zero-order chi connectivity index (χ0) is 13.7. The molecule has 0 aromatic heterocycles. The standard InChI is InChI=1S/C14H19FN2O2/c1-10-6-7-16-8-13(10)19-9-14(18)17-12-4-2-11(15)3-5-12/h2-5,10,13,16H,6-9H2,1H3,(H,17,18). The lowest BCUT2D eigenvalue weighted by atomic mass is 9.97. The van der Waals surface area contributed by atoms with Crippen molar-refractivity contribution in [3.63, 3.8) is 0 Å². The number of anilines is 1. The Morgan fingerprint density at radius 3 is 2.89 bits per heavy atom. The van der Waals surface area contributed by atoms with Gasteiger partial charge in [-0.05, 0) is 43.1 Å². The van der Waals surface area contributed by atoms with Crippen LogP contribution in [0.25, 0.3) is 0 Å². The molecule has 1 aromatic rings. The van der Waals surface area contributed by atoms with Gasteiger partial charge in [-0.25, -0.2) is 4.39 Å². The van der Waals surface area contributed by atoms with E-state index in [1.54, 1.807) is 0 Å². The summed E-state index contributed by atoms with van der Waals surface area (Å²) in [6.07, 6.45) is 1.14. The lowest BCUT2D eigenvalue weighted by Crippen LogP contribution is -2.42. The highest BCUT2D eigenvalue weighted by molar-refractivity contribution is 5.91. The van der Waals surface area contributed by atoms with E-state index in [2.05, 4.69) is 17.6 Å². The lowest BCUT2D eigenvalue weighted by Gasteiger charge is -2.29. The Hall–Kier alpha value is -1.46. The number of hydrogen-bond acceptors (Lipinski definition) is 3. The highest BCUT2D eigenvalue weighted by atomic mass is 19.1. The van der Waals surface area contributed by atoms with Crippen molar-refractivity contribution in [1.82, 2.24) is 5.32 Å². The maximum Gasteiger partial charge on any atom is 0.250 e. The number of nitrogens with one attached hydrogen (secondary N) is 2. The number of hydrogen-bond donors (Lipinski definition) is 2. The highest BCUT2D eigenvalue weighted by Gasteiger charge is 2.22. The highest BCUT2D eigenvalue weighted by Crippen LogP contribution is 2.14. The number of ether oxygens (including phenoxy) is 1. The van der Waals surface area contributed by atoms with Gasteiger partial charge in [0.15, 0.2) is 0 Å². The molecule has 0 bridgehead atoms. The molecule has 1 heterocycles. The van der Waals surface area contributed by atoms with Crippen LogP contribution in [0.2, 0.25) is 0 Å². The second-order valence-electron chi connectivity index (χ2n) is 4.87. The molecular weight excluding hydrogens is 247 g/mol. The minimum absolute atomic E-state index is 0.0219. The van der Waals surface area contributed by atoms with E-state index in [1.807, 2.05) is 0 Å². The van der Waals surface area contributed by atoms with E-state index in [4.69, 9.17) is 4.74 Å². The van der Waals surface area contributed by atoms with Gasteiger partial charge in [-0.1, -0.05) is 6.92 Å². The monoisotopic (exact) mass is 266 g/mol. The van der Waals surface area contributed by atoms with E-state index in [0.29, 0.717) is 11.6 Å². The summed E-state index contributed by atoms with van der Waals surface area (Å²) in [6, 6.07) is 5.67. The first-order chi connectivity index (χ1) is 9.15. The fourth-order valence-electron chi connectivity index (χ4n) is 2.10. The van der Waals surface area contributed by atoms with Crippen molar-refractivity contribution in [1.29, 1.82) is 0 Å². The number of carbonyl (C=O) groups excluding carboxylic acids is 1. The summed E-state index contributed by atoms with van der Waals surface area (Å²) in [4.78, 5) is 11.7. The fourth-order valence-corrected chi connectivity index (χ4v) is 2.10. The molecule has 1 aromatic carbocycles. The molecule has 104 valence electrons. The van der Waals surface area contributed by atoms with Crippen molar-refractivity contribution in [3.8, 4) is 0 Å². The molecule has 1 fully saturated rings. The topological polar surface area (TPSA) is 50.4 Å². The molecule has 2 N–H and O–H groups in total. The van der Waals surface area contributed by atoms with Crippen molar-refractivity contribution in [2.45, 2.75) is 19.4 Å². The predicted molar refractivity (Wildman–Crippen MR) is 71.4 cm³/mol. The Kier molecular flexibility index (Phi) is 4.87. The molecule has 0 saturated carbocycles. The quantitative estimate of drug-likeness (QED) is 0.873. The number of carbonyl (C=O) groups is 1. The molecule has 5 heteroatoms. The van der Waals surface area contributed by atoms with Crippen molar-refractivity contribution in [2.24, 2.45) is 5.92 Å². The summed E-state index contributed by atoms with van der Waals surface area (Å²) in [5.41, 5.74) is 0.574. The van der Waals surface area contributed by atoms with E-state index in [-0.39, 0.29) is 24.4 Å². The van der Waals surface area contributed by atoms with E-state index < -0.39 is 0 Å². The van der Waals surface area contributed by atoms with Gasteiger partial charge in [0.2, 0.25) is 5.91 Å². The second kappa shape index (κ2) is 6.63. The van der Waals surface area contributed by atoms with E-state index in [9.17, 15) is 9.18 Å². The summed E-state index contributed by atoms with van der Waals surface area (Å²) in [7, 11) is 0. The van der Waals surface area contributed by atoms with Crippen LogP contribution in [0.5, 0.6) is 0 Å². The Morgan fingerprint density at radius 2 is 2.21 bits per heavy atom. The first kappa shape index (κ1) is 14.0. The minimum atomic E-state index is -0.323. The van der Waals surface area contributed by atoms with Gasteiger partial charge in [0.25, 0.3) is 0 Å². The Morgan fingerprint density at radius 1 is 1.47 bits per heavy atom. The van der Waals surface area contributed by atoms with Crippen molar-refractivity contribution >= 4 is 11.6 Å². The molecule has 1 saturated heterocycles. The zero-order valence-corrected chi connectivity index (χ0v) is 11.0. The third-order valence-corrected chi connectivity index (χ3v) is 3.31. The van der Waals surface area contributed by atoms with E-state index in [0.717, 1.165) is 19.5 Å². The van der Waals surface area contributed by atoms with Gasteiger partial charge in [0, 0.05) is 12.2 Å². The number of rotatable bonds is 4. The molecule has 2 rings (SSSR count).